The van der Waals surface area contributed by atoms with Gasteiger partial charge in [0.2, 0.25) is 0 Å². The molecule has 4 N–H and O–H groups in total. The smallest absolute Gasteiger partial charge is 0.269 e. The van der Waals surface area contributed by atoms with E-state index in [2.05, 4.69) is 15.6 Å². The summed E-state index contributed by atoms with van der Waals surface area (Å²) >= 11 is 0. The van der Waals surface area contributed by atoms with Crippen molar-refractivity contribution in [3.63, 3.8) is 0 Å². The topological polar surface area (TPSA) is 134 Å². The van der Waals surface area contributed by atoms with Crippen LogP contribution < -0.4 is 20.3 Å². The zero-order valence-corrected chi connectivity index (χ0v) is 17.8. The van der Waals surface area contributed by atoms with Crippen LogP contribution in [-0.4, -0.2) is 31.9 Å². The highest BCUT2D eigenvalue weighted by atomic mass is 32.2. The summed E-state index contributed by atoms with van der Waals surface area (Å²) < 4.78 is 33.2. The van der Waals surface area contributed by atoms with Gasteiger partial charge in [0.1, 0.15) is 11.5 Å². The number of anilines is 1. The first-order valence-electron chi connectivity index (χ1n) is 9.54. The number of hydrogen-bond acceptors (Lipinski definition) is 6. The number of aromatic hydroxyl groups is 1. The molecule has 9 nitrogen and oxygen atoms in total. The molecule has 10 heteroatoms. The molecule has 0 aromatic heterocycles. The highest BCUT2D eigenvalue weighted by molar-refractivity contribution is 7.92. The third kappa shape index (κ3) is 5.76. The highest BCUT2D eigenvalue weighted by Crippen LogP contribution is 2.20. The standard InChI is InChI=1S/C22H21N3O6S/c1-2-31-19-12-8-17(9-13-19)25-32(29,30)20-5-3-4-16(14-20)22(28)24-23-21(27)15-6-10-18(26)11-7-15/h3-14,25-26H,2H2,1H3,(H,23,27)(H,24,28). The first-order valence-corrected chi connectivity index (χ1v) is 11.0. The number of phenols is 1. The Hall–Kier alpha value is -4.05. The van der Waals surface area contributed by atoms with E-state index in [0.717, 1.165) is 0 Å². The van der Waals surface area contributed by atoms with E-state index in [4.69, 9.17) is 4.74 Å². The second kappa shape index (κ2) is 9.84. The molecular weight excluding hydrogens is 434 g/mol. The molecule has 0 aliphatic rings. The Morgan fingerprint density at radius 2 is 1.50 bits per heavy atom. The summed E-state index contributed by atoms with van der Waals surface area (Å²) in [6.07, 6.45) is 0. The van der Waals surface area contributed by atoms with Crippen LogP contribution >= 0.6 is 0 Å². The molecule has 0 bridgehead atoms. The molecule has 0 heterocycles. The Kier molecular flexibility index (Phi) is 6.96. The summed E-state index contributed by atoms with van der Waals surface area (Å²) in [4.78, 5) is 24.3. The van der Waals surface area contributed by atoms with Crippen molar-refractivity contribution >= 4 is 27.5 Å². The van der Waals surface area contributed by atoms with Gasteiger partial charge in [-0.2, -0.15) is 0 Å². The van der Waals surface area contributed by atoms with E-state index in [9.17, 15) is 23.1 Å². The van der Waals surface area contributed by atoms with Crippen molar-refractivity contribution in [3.05, 3.63) is 83.9 Å². The van der Waals surface area contributed by atoms with Crippen molar-refractivity contribution in [1.29, 1.82) is 0 Å². The Morgan fingerprint density at radius 3 is 2.12 bits per heavy atom. The molecule has 2 amide bonds. The van der Waals surface area contributed by atoms with Crippen LogP contribution in [0.4, 0.5) is 5.69 Å². The maximum Gasteiger partial charge on any atom is 0.269 e. The average Bonchev–Trinajstić information content (AvgIpc) is 2.79. The van der Waals surface area contributed by atoms with Crippen molar-refractivity contribution < 1.29 is 27.9 Å². The number of phenolic OH excluding ortho intramolecular Hbond substituents is 1. The van der Waals surface area contributed by atoms with Crippen LogP contribution in [0.2, 0.25) is 0 Å². The highest BCUT2D eigenvalue weighted by Gasteiger charge is 2.17. The molecule has 0 aliphatic heterocycles. The Morgan fingerprint density at radius 1 is 0.875 bits per heavy atom. The fraction of sp³-hybridized carbons (Fsp3) is 0.0909. The van der Waals surface area contributed by atoms with Crippen LogP contribution in [0.15, 0.2) is 77.7 Å². The van der Waals surface area contributed by atoms with Gasteiger partial charge in [-0.05, 0) is 73.7 Å². The molecule has 0 radical (unpaired) electrons. The molecular formula is C22H21N3O6S. The van der Waals surface area contributed by atoms with E-state index in [1.54, 1.807) is 24.3 Å². The predicted molar refractivity (Wildman–Crippen MR) is 118 cm³/mol. The molecule has 166 valence electrons. The molecule has 3 aromatic rings. The summed E-state index contributed by atoms with van der Waals surface area (Å²) in [5.41, 5.74) is 5.05. The molecule has 0 spiro atoms. The van der Waals surface area contributed by atoms with Gasteiger partial charge in [-0.25, -0.2) is 8.42 Å². The number of nitrogens with one attached hydrogen (secondary N) is 3. The molecule has 0 fully saturated rings. The van der Waals surface area contributed by atoms with Crippen molar-refractivity contribution in [2.75, 3.05) is 11.3 Å². The zero-order chi connectivity index (χ0) is 23.1. The van der Waals surface area contributed by atoms with Gasteiger partial charge >= 0.3 is 0 Å². The van der Waals surface area contributed by atoms with Crippen LogP contribution in [0.5, 0.6) is 11.5 Å². The summed E-state index contributed by atoms with van der Waals surface area (Å²) in [5.74, 6) is -0.680. The van der Waals surface area contributed by atoms with Gasteiger partial charge in [-0.3, -0.25) is 25.2 Å². The number of ether oxygens (including phenoxy) is 1. The van der Waals surface area contributed by atoms with Gasteiger partial charge in [-0.15, -0.1) is 0 Å². The number of benzene rings is 3. The van der Waals surface area contributed by atoms with E-state index in [1.807, 2.05) is 6.92 Å². The lowest BCUT2D eigenvalue weighted by atomic mass is 10.2. The largest absolute Gasteiger partial charge is 0.508 e. The Balaban J connectivity index is 1.67. The number of hydrazine groups is 1. The van der Waals surface area contributed by atoms with Gasteiger partial charge < -0.3 is 9.84 Å². The lowest BCUT2D eigenvalue weighted by Crippen LogP contribution is -2.41. The lowest BCUT2D eigenvalue weighted by molar-refractivity contribution is 0.0846. The number of amides is 2. The number of hydrogen-bond donors (Lipinski definition) is 4. The molecule has 0 unspecified atom stereocenters. The molecule has 3 aromatic carbocycles. The molecule has 0 saturated carbocycles. The average molecular weight is 455 g/mol. The first-order chi connectivity index (χ1) is 15.3. The Bertz CT molecular complexity index is 1210. The minimum Gasteiger partial charge on any atom is -0.508 e. The third-order valence-electron chi connectivity index (χ3n) is 4.24. The molecule has 32 heavy (non-hydrogen) atoms. The normalized spacial score (nSPS) is 10.8. The Labute approximate surface area is 185 Å². The van der Waals surface area contributed by atoms with Crippen LogP contribution in [0, 0.1) is 0 Å². The van der Waals surface area contributed by atoms with Crippen molar-refractivity contribution in [2.24, 2.45) is 0 Å². The van der Waals surface area contributed by atoms with Gasteiger partial charge in [0.05, 0.1) is 11.5 Å². The van der Waals surface area contributed by atoms with Crippen molar-refractivity contribution in [1.82, 2.24) is 10.9 Å². The minimum absolute atomic E-state index is 0.00227. The SMILES string of the molecule is CCOc1ccc(NS(=O)(=O)c2cccc(C(=O)NNC(=O)c3ccc(O)cc3)c2)cc1. The summed E-state index contributed by atoms with van der Waals surface area (Å²) in [6, 6.07) is 17.2. The van der Waals surface area contributed by atoms with Crippen molar-refractivity contribution in [2.45, 2.75) is 11.8 Å². The van der Waals surface area contributed by atoms with Crippen LogP contribution in [0.3, 0.4) is 0 Å². The van der Waals surface area contributed by atoms with E-state index < -0.39 is 21.8 Å². The quantitative estimate of drug-likeness (QED) is 0.405. The minimum atomic E-state index is -3.95. The van der Waals surface area contributed by atoms with E-state index in [0.29, 0.717) is 18.0 Å². The molecule has 3 rings (SSSR count). The van der Waals surface area contributed by atoms with Gasteiger partial charge in [0.15, 0.2) is 0 Å². The van der Waals surface area contributed by atoms with Crippen LogP contribution in [0.25, 0.3) is 0 Å². The molecule has 0 atom stereocenters. The number of sulfonamides is 1. The monoisotopic (exact) mass is 455 g/mol. The summed E-state index contributed by atoms with van der Waals surface area (Å²) in [5, 5.41) is 9.26. The van der Waals surface area contributed by atoms with Gasteiger partial charge in [-0.1, -0.05) is 6.07 Å². The van der Waals surface area contributed by atoms with Gasteiger partial charge in [0.25, 0.3) is 21.8 Å². The zero-order valence-electron chi connectivity index (χ0n) is 17.0. The molecule has 0 saturated heterocycles. The second-order valence-electron chi connectivity index (χ2n) is 6.55. The van der Waals surface area contributed by atoms with E-state index in [1.165, 1.54) is 48.5 Å². The van der Waals surface area contributed by atoms with Gasteiger partial charge in [0, 0.05) is 16.8 Å². The van der Waals surface area contributed by atoms with Crippen LogP contribution in [0.1, 0.15) is 27.6 Å². The number of carbonyl (C=O) groups is 2. The summed E-state index contributed by atoms with van der Waals surface area (Å²) in [6.45, 7) is 2.34. The second-order valence-corrected chi connectivity index (χ2v) is 8.23. The third-order valence-corrected chi connectivity index (χ3v) is 5.62. The first kappa shape index (κ1) is 22.6. The fourth-order valence-electron chi connectivity index (χ4n) is 2.68. The predicted octanol–water partition coefficient (Wildman–Crippen LogP) is 2.67. The number of rotatable bonds is 7. The fourth-order valence-corrected chi connectivity index (χ4v) is 3.78. The van der Waals surface area contributed by atoms with Crippen molar-refractivity contribution in [3.8, 4) is 11.5 Å². The van der Waals surface area contributed by atoms with E-state index in [-0.39, 0.29) is 21.8 Å². The van der Waals surface area contributed by atoms with Crippen LogP contribution in [-0.2, 0) is 10.0 Å². The maximum atomic E-state index is 12.7. The summed E-state index contributed by atoms with van der Waals surface area (Å²) in [7, 11) is -3.95. The number of carbonyl (C=O) groups excluding carboxylic acids is 2. The maximum absolute atomic E-state index is 12.7. The molecule has 0 aliphatic carbocycles. The van der Waals surface area contributed by atoms with E-state index >= 15 is 0 Å². The lowest BCUT2D eigenvalue weighted by Gasteiger charge is -2.11.